The maximum absolute atomic E-state index is 13.1. The number of halogens is 3. The molecule has 1 aromatic rings. The van der Waals surface area contributed by atoms with Crippen LogP contribution in [-0.2, 0) is 10.2 Å². The van der Waals surface area contributed by atoms with E-state index in [4.69, 9.17) is 23.2 Å². The van der Waals surface area contributed by atoms with Crippen molar-refractivity contribution in [2.24, 2.45) is 0 Å². The van der Waals surface area contributed by atoms with Crippen LogP contribution in [0.25, 0.3) is 0 Å². The van der Waals surface area contributed by atoms with E-state index in [0.29, 0.717) is 10.6 Å². The molecule has 0 spiro atoms. The third kappa shape index (κ3) is 2.07. The van der Waals surface area contributed by atoms with Crippen LogP contribution in [0.2, 0.25) is 10.0 Å². The molecule has 1 nitrogen and oxygen atoms in total. The van der Waals surface area contributed by atoms with E-state index in [-0.39, 0.29) is 5.02 Å². The molecule has 0 saturated heterocycles. The lowest BCUT2D eigenvalue weighted by molar-refractivity contribution is -0.111. The largest absolute Gasteiger partial charge is 0.302 e. The zero-order chi connectivity index (χ0) is 10.9. The van der Waals surface area contributed by atoms with Crippen molar-refractivity contribution >= 4 is 29.5 Å². The van der Waals surface area contributed by atoms with Crippen molar-refractivity contribution in [2.75, 3.05) is 0 Å². The summed E-state index contributed by atoms with van der Waals surface area (Å²) in [6.07, 6.45) is 0.724. The summed E-state index contributed by atoms with van der Waals surface area (Å²) >= 11 is 11.4. The van der Waals surface area contributed by atoms with Crippen LogP contribution in [0.3, 0.4) is 0 Å². The average molecular weight is 235 g/mol. The van der Waals surface area contributed by atoms with Crippen LogP contribution in [0.4, 0.5) is 4.39 Å². The molecule has 4 heteroatoms. The highest BCUT2D eigenvalue weighted by Crippen LogP contribution is 2.32. The zero-order valence-corrected chi connectivity index (χ0v) is 9.29. The van der Waals surface area contributed by atoms with Gasteiger partial charge < -0.3 is 4.79 Å². The number of rotatable bonds is 2. The summed E-state index contributed by atoms with van der Waals surface area (Å²) in [5, 5.41) is 0.258. The van der Waals surface area contributed by atoms with Gasteiger partial charge in [-0.3, -0.25) is 0 Å². The smallest absolute Gasteiger partial charge is 0.142 e. The Morgan fingerprint density at radius 2 is 1.86 bits per heavy atom. The zero-order valence-electron chi connectivity index (χ0n) is 7.77. The maximum atomic E-state index is 13.1. The molecule has 1 aromatic carbocycles. The molecule has 0 fully saturated rings. The van der Waals surface area contributed by atoms with Gasteiger partial charge in [-0.05, 0) is 31.5 Å². The third-order valence-electron chi connectivity index (χ3n) is 2.00. The van der Waals surface area contributed by atoms with Gasteiger partial charge in [-0.2, -0.15) is 0 Å². The van der Waals surface area contributed by atoms with E-state index in [2.05, 4.69) is 0 Å². The van der Waals surface area contributed by atoms with E-state index in [1.54, 1.807) is 13.8 Å². The summed E-state index contributed by atoms with van der Waals surface area (Å²) in [5.41, 5.74) is -0.362. The standard InChI is InChI=1S/C10H9Cl2FO/c1-10(2,5-14)6-3-9(13)8(12)4-7(6)11/h3-5H,1-2H3. The quantitative estimate of drug-likeness (QED) is 0.565. The molecule has 0 radical (unpaired) electrons. The Morgan fingerprint density at radius 1 is 1.29 bits per heavy atom. The van der Waals surface area contributed by atoms with Crippen LogP contribution in [0.1, 0.15) is 19.4 Å². The molecule has 0 atom stereocenters. The summed E-state index contributed by atoms with van der Waals surface area (Å²) in [5.74, 6) is -0.569. The highest BCUT2D eigenvalue weighted by Gasteiger charge is 2.23. The lowest BCUT2D eigenvalue weighted by atomic mass is 9.86. The molecule has 0 aliphatic heterocycles. The lowest BCUT2D eigenvalue weighted by Crippen LogP contribution is -2.19. The minimum absolute atomic E-state index is 0.0413. The highest BCUT2D eigenvalue weighted by molar-refractivity contribution is 6.35. The Morgan fingerprint density at radius 3 is 2.36 bits per heavy atom. The van der Waals surface area contributed by atoms with Crippen LogP contribution in [0, 0.1) is 5.82 Å². The first-order valence-electron chi connectivity index (χ1n) is 4.00. The van der Waals surface area contributed by atoms with Crippen LogP contribution in [0.15, 0.2) is 12.1 Å². The van der Waals surface area contributed by atoms with Gasteiger partial charge in [0.2, 0.25) is 0 Å². The summed E-state index contributed by atoms with van der Waals surface area (Å²) in [4.78, 5) is 10.8. The SMILES string of the molecule is CC(C)(C=O)c1cc(F)c(Cl)cc1Cl. The van der Waals surface area contributed by atoms with Gasteiger partial charge in [0.25, 0.3) is 0 Å². The molecular formula is C10H9Cl2FO. The molecule has 14 heavy (non-hydrogen) atoms. The lowest BCUT2D eigenvalue weighted by Gasteiger charge is -2.19. The van der Waals surface area contributed by atoms with E-state index in [9.17, 15) is 9.18 Å². The summed E-state index contributed by atoms with van der Waals surface area (Å²) in [6.45, 7) is 3.32. The summed E-state index contributed by atoms with van der Waals surface area (Å²) in [6, 6.07) is 2.50. The number of carbonyl (C=O) groups excluding carboxylic acids is 1. The van der Waals surface area contributed by atoms with Crippen molar-refractivity contribution in [3.8, 4) is 0 Å². The highest BCUT2D eigenvalue weighted by atomic mass is 35.5. The van der Waals surface area contributed by atoms with E-state index in [1.165, 1.54) is 12.1 Å². The van der Waals surface area contributed by atoms with Gasteiger partial charge in [-0.25, -0.2) is 4.39 Å². The van der Waals surface area contributed by atoms with E-state index in [1.807, 2.05) is 0 Å². The second-order valence-corrected chi connectivity index (χ2v) is 4.40. The third-order valence-corrected chi connectivity index (χ3v) is 2.60. The first kappa shape index (κ1) is 11.5. The maximum Gasteiger partial charge on any atom is 0.142 e. The van der Waals surface area contributed by atoms with Gasteiger partial charge in [0.1, 0.15) is 12.1 Å². The molecule has 0 saturated carbocycles. The normalized spacial score (nSPS) is 11.5. The predicted octanol–water partition coefficient (Wildman–Crippen LogP) is 3.61. The summed E-state index contributed by atoms with van der Waals surface area (Å²) < 4.78 is 13.1. The Labute approximate surface area is 91.8 Å². The Kier molecular flexibility index (Phi) is 3.17. The van der Waals surface area contributed by atoms with Gasteiger partial charge in [-0.15, -0.1) is 0 Å². The second kappa shape index (κ2) is 3.87. The Hall–Kier alpha value is -0.600. The van der Waals surface area contributed by atoms with Crippen molar-refractivity contribution in [3.05, 3.63) is 33.6 Å². The molecule has 0 aliphatic carbocycles. The van der Waals surface area contributed by atoms with Gasteiger partial charge in [0.15, 0.2) is 0 Å². The van der Waals surface area contributed by atoms with E-state index < -0.39 is 11.2 Å². The van der Waals surface area contributed by atoms with Crippen LogP contribution in [0.5, 0.6) is 0 Å². The van der Waals surface area contributed by atoms with Crippen LogP contribution < -0.4 is 0 Å². The van der Waals surface area contributed by atoms with Gasteiger partial charge in [-0.1, -0.05) is 23.2 Å². The Balaban J connectivity index is 3.36. The molecule has 0 aromatic heterocycles. The van der Waals surface area contributed by atoms with Crippen molar-refractivity contribution in [1.29, 1.82) is 0 Å². The number of hydrogen-bond donors (Lipinski definition) is 0. The average Bonchev–Trinajstić information content (AvgIpc) is 2.11. The number of aldehydes is 1. The fourth-order valence-corrected chi connectivity index (χ4v) is 1.71. The number of benzene rings is 1. The second-order valence-electron chi connectivity index (χ2n) is 3.59. The minimum Gasteiger partial charge on any atom is -0.302 e. The molecule has 0 bridgehead atoms. The van der Waals surface area contributed by atoms with Gasteiger partial charge in [0.05, 0.1) is 5.02 Å². The Bertz CT molecular complexity index is 375. The fourth-order valence-electron chi connectivity index (χ4n) is 1.08. The van der Waals surface area contributed by atoms with Crippen molar-refractivity contribution in [2.45, 2.75) is 19.3 Å². The molecule has 0 unspecified atom stereocenters. The van der Waals surface area contributed by atoms with Crippen LogP contribution >= 0.6 is 23.2 Å². The summed E-state index contributed by atoms with van der Waals surface area (Å²) in [7, 11) is 0. The van der Waals surface area contributed by atoms with Crippen LogP contribution in [-0.4, -0.2) is 6.29 Å². The van der Waals surface area contributed by atoms with Gasteiger partial charge >= 0.3 is 0 Å². The van der Waals surface area contributed by atoms with E-state index in [0.717, 1.165) is 6.29 Å². The van der Waals surface area contributed by atoms with Crippen molar-refractivity contribution < 1.29 is 9.18 Å². The minimum atomic E-state index is -0.803. The topological polar surface area (TPSA) is 17.1 Å². The molecule has 0 N–H and O–H groups in total. The molecular weight excluding hydrogens is 226 g/mol. The molecule has 0 heterocycles. The predicted molar refractivity (Wildman–Crippen MR) is 55.5 cm³/mol. The molecule has 76 valence electrons. The number of hydrogen-bond acceptors (Lipinski definition) is 1. The van der Waals surface area contributed by atoms with Crippen molar-refractivity contribution in [3.63, 3.8) is 0 Å². The molecule has 0 amide bonds. The van der Waals surface area contributed by atoms with Gasteiger partial charge in [0, 0.05) is 10.4 Å². The number of carbonyl (C=O) groups is 1. The first-order chi connectivity index (χ1) is 6.38. The monoisotopic (exact) mass is 234 g/mol. The molecule has 0 aliphatic rings. The first-order valence-corrected chi connectivity index (χ1v) is 4.75. The van der Waals surface area contributed by atoms with E-state index >= 15 is 0 Å². The molecule has 1 rings (SSSR count). The van der Waals surface area contributed by atoms with Crippen molar-refractivity contribution in [1.82, 2.24) is 0 Å². The fraction of sp³-hybridized carbons (Fsp3) is 0.300.